The van der Waals surface area contributed by atoms with Crippen LogP contribution in [0.1, 0.15) is 71.6 Å². The summed E-state index contributed by atoms with van der Waals surface area (Å²) in [6.07, 6.45) is 6.40. The minimum atomic E-state index is -4.22. The quantitative estimate of drug-likeness (QED) is 0.326. The van der Waals surface area contributed by atoms with Crippen LogP contribution in [0.5, 0.6) is 0 Å². The second kappa shape index (κ2) is 12.6. The van der Waals surface area contributed by atoms with Gasteiger partial charge in [0.2, 0.25) is 0 Å². The SMILES string of the molecule is CCCCCCCC(CCC(O)CC)S(=O)(=O)[O-].[Na+]. The Morgan fingerprint density at radius 3 is 2.05 bits per heavy atom. The molecule has 0 aliphatic carbocycles. The van der Waals surface area contributed by atoms with Gasteiger partial charge in [-0.15, -0.1) is 0 Å². The maximum Gasteiger partial charge on any atom is 1.00 e. The van der Waals surface area contributed by atoms with Crippen molar-refractivity contribution in [3.8, 4) is 0 Å². The molecule has 0 rings (SSSR count). The fourth-order valence-corrected chi connectivity index (χ4v) is 2.87. The predicted molar refractivity (Wildman–Crippen MR) is 72.4 cm³/mol. The van der Waals surface area contributed by atoms with Gasteiger partial charge in [-0.05, 0) is 25.7 Å². The Kier molecular flexibility index (Phi) is 14.7. The number of aliphatic hydroxyl groups is 1. The smallest absolute Gasteiger partial charge is 0.748 e. The molecular weight excluding hydrogens is 275 g/mol. The van der Waals surface area contributed by atoms with Gasteiger partial charge in [0.15, 0.2) is 0 Å². The van der Waals surface area contributed by atoms with Crippen LogP contribution in [0.2, 0.25) is 0 Å². The Balaban J connectivity index is 0. The van der Waals surface area contributed by atoms with Crippen molar-refractivity contribution in [1.82, 2.24) is 0 Å². The van der Waals surface area contributed by atoms with Crippen LogP contribution < -0.4 is 29.6 Å². The third-order valence-electron chi connectivity index (χ3n) is 3.33. The minimum absolute atomic E-state index is 0. The van der Waals surface area contributed by atoms with Crippen molar-refractivity contribution < 1.29 is 47.6 Å². The van der Waals surface area contributed by atoms with Crippen LogP contribution in [0.15, 0.2) is 0 Å². The fourth-order valence-electron chi connectivity index (χ4n) is 1.99. The molecule has 0 spiro atoms. The minimum Gasteiger partial charge on any atom is -0.748 e. The molecule has 2 unspecified atom stereocenters. The van der Waals surface area contributed by atoms with Crippen molar-refractivity contribution in [3.05, 3.63) is 0 Å². The molecule has 0 aliphatic rings. The van der Waals surface area contributed by atoms with Gasteiger partial charge in [0.1, 0.15) is 0 Å². The van der Waals surface area contributed by atoms with Crippen LogP contribution >= 0.6 is 0 Å². The molecule has 19 heavy (non-hydrogen) atoms. The van der Waals surface area contributed by atoms with Gasteiger partial charge in [0.05, 0.1) is 16.2 Å². The summed E-state index contributed by atoms with van der Waals surface area (Å²) in [5, 5.41) is 8.60. The van der Waals surface area contributed by atoms with Crippen molar-refractivity contribution in [2.75, 3.05) is 0 Å². The van der Waals surface area contributed by atoms with Crippen LogP contribution in [-0.4, -0.2) is 29.4 Å². The van der Waals surface area contributed by atoms with Crippen molar-refractivity contribution in [2.45, 2.75) is 83.0 Å². The Morgan fingerprint density at radius 2 is 1.58 bits per heavy atom. The molecule has 0 aromatic carbocycles. The molecular formula is C13H27NaO4S. The van der Waals surface area contributed by atoms with Gasteiger partial charge in [0, 0.05) is 5.25 Å². The number of hydrogen-bond donors (Lipinski definition) is 1. The maximum absolute atomic E-state index is 11.1. The number of unbranched alkanes of at least 4 members (excludes halogenated alkanes) is 4. The van der Waals surface area contributed by atoms with E-state index in [2.05, 4.69) is 6.92 Å². The summed E-state index contributed by atoms with van der Waals surface area (Å²) in [5.74, 6) is 0. The van der Waals surface area contributed by atoms with Crippen LogP contribution in [0.4, 0.5) is 0 Å². The van der Waals surface area contributed by atoms with E-state index in [4.69, 9.17) is 0 Å². The topological polar surface area (TPSA) is 77.4 Å². The molecule has 6 heteroatoms. The number of rotatable bonds is 11. The number of hydrogen-bond acceptors (Lipinski definition) is 4. The molecule has 4 nitrogen and oxygen atoms in total. The van der Waals surface area contributed by atoms with Crippen LogP contribution in [0.3, 0.4) is 0 Å². The van der Waals surface area contributed by atoms with Gasteiger partial charge in [0.25, 0.3) is 0 Å². The summed E-state index contributed by atoms with van der Waals surface area (Å²) in [7, 11) is -4.22. The summed E-state index contributed by atoms with van der Waals surface area (Å²) in [6, 6.07) is 0. The van der Waals surface area contributed by atoms with Gasteiger partial charge in [-0.2, -0.15) is 0 Å². The monoisotopic (exact) mass is 302 g/mol. The Bertz CT molecular complexity index is 293. The largest absolute Gasteiger partial charge is 1.00 e. The summed E-state index contributed by atoms with van der Waals surface area (Å²) < 4.78 is 33.3. The van der Waals surface area contributed by atoms with Crippen LogP contribution in [0, 0.1) is 0 Å². The second-order valence-corrected chi connectivity index (χ2v) is 6.61. The third-order valence-corrected chi connectivity index (χ3v) is 4.62. The Hall–Kier alpha value is 0.870. The van der Waals surface area contributed by atoms with E-state index in [1.807, 2.05) is 6.92 Å². The molecule has 0 aromatic heterocycles. The van der Waals surface area contributed by atoms with E-state index in [1.54, 1.807) is 0 Å². The van der Waals surface area contributed by atoms with Crippen molar-refractivity contribution in [1.29, 1.82) is 0 Å². The van der Waals surface area contributed by atoms with Crippen molar-refractivity contribution >= 4 is 10.1 Å². The zero-order valence-corrected chi connectivity index (χ0v) is 15.4. The van der Waals surface area contributed by atoms with Crippen molar-refractivity contribution in [3.63, 3.8) is 0 Å². The summed E-state index contributed by atoms with van der Waals surface area (Å²) >= 11 is 0. The molecule has 1 N–H and O–H groups in total. The van der Waals surface area contributed by atoms with E-state index in [0.29, 0.717) is 19.3 Å². The first-order chi connectivity index (χ1) is 8.41. The fraction of sp³-hybridized carbons (Fsp3) is 1.00. The van der Waals surface area contributed by atoms with E-state index in [-0.39, 0.29) is 36.0 Å². The van der Waals surface area contributed by atoms with Gasteiger partial charge in [-0.1, -0.05) is 46.0 Å². The van der Waals surface area contributed by atoms with E-state index >= 15 is 0 Å². The summed E-state index contributed by atoms with van der Waals surface area (Å²) in [5.41, 5.74) is 0. The molecule has 0 saturated heterocycles. The zero-order chi connectivity index (χ0) is 14.0. The normalized spacial score (nSPS) is 14.7. The molecule has 0 radical (unpaired) electrons. The molecule has 0 amide bonds. The molecule has 0 fully saturated rings. The van der Waals surface area contributed by atoms with Crippen molar-refractivity contribution in [2.24, 2.45) is 0 Å². The van der Waals surface area contributed by atoms with E-state index in [0.717, 1.165) is 32.1 Å². The Morgan fingerprint density at radius 1 is 1.00 bits per heavy atom. The van der Waals surface area contributed by atoms with E-state index < -0.39 is 21.5 Å². The van der Waals surface area contributed by atoms with E-state index in [9.17, 15) is 18.1 Å². The zero-order valence-electron chi connectivity index (χ0n) is 12.6. The van der Waals surface area contributed by atoms with Gasteiger partial charge >= 0.3 is 29.6 Å². The standard InChI is InChI=1S/C13H28O4S.Na/c1-3-5-6-7-8-9-13(18(15,16)17)11-10-12(14)4-2;/h12-14H,3-11H2,1-2H3,(H,15,16,17);/q;+1/p-1. The summed E-state index contributed by atoms with van der Waals surface area (Å²) in [4.78, 5) is 0. The second-order valence-electron chi connectivity index (χ2n) is 4.96. The molecule has 110 valence electrons. The first kappa shape index (κ1) is 22.2. The van der Waals surface area contributed by atoms with Crippen LogP contribution in [0.25, 0.3) is 0 Å². The van der Waals surface area contributed by atoms with Gasteiger partial charge in [-0.3, -0.25) is 0 Å². The molecule has 2 atom stereocenters. The molecule has 0 aliphatic heterocycles. The third kappa shape index (κ3) is 12.3. The molecule has 0 heterocycles. The first-order valence-electron chi connectivity index (χ1n) is 7.04. The number of aliphatic hydroxyl groups excluding tert-OH is 1. The van der Waals surface area contributed by atoms with Gasteiger partial charge < -0.3 is 9.66 Å². The molecule has 0 saturated carbocycles. The predicted octanol–water partition coefficient (Wildman–Crippen LogP) is -0.184. The average molecular weight is 302 g/mol. The first-order valence-corrected chi connectivity index (χ1v) is 8.51. The summed E-state index contributed by atoms with van der Waals surface area (Å²) in [6.45, 7) is 3.97. The van der Waals surface area contributed by atoms with Gasteiger partial charge in [-0.25, -0.2) is 8.42 Å². The average Bonchev–Trinajstić information content (AvgIpc) is 2.30. The van der Waals surface area contributed by atoms with Crippen LogP contribution in [-0.2, 0) is 10.1 Å². The Labute approximate surface area is 140 Å². The molecule has 0 aromatic rings. The maximum atomic E-state index is 11.1. The molecule has 0 bridgehead atoms. The van der Waals surface area contributed by atoms with E-state index in [1.165, 1.54) is 0 Å².